The number of aryl methyl sites for hydroxylation is 2. The molecule has 108 valence electrons. The van der Waals surface area contributed by atoms with Crippen LogP contribution in [0.4, 0.5) is 5.95 Å². The van der Waals surface area contributed by atoms with Crippen LogP contribution in [0, 0.1) is 0 Å². The molecular formula is C16H16ClN3O. The molecule has 0 amide bonds. The Hall–Kier alpha value is -2.20. The number of aromatic nitrogens is 2. The van der Waals surface area contributed by atoms with Gasteiger partial charge in [-0.3, -0.25) is 0 Å². The van der Waals surface area contributed by atoms with E-state index in [9.17, 15) is 0 Å². The number of nitrogens with two attached hydrogens (primary N) is 1. The lowest BCUT2D eigenvalue weighted by atomic mass is 10.1. The Morgan fingerprint density at radius 1 is 1.24 bits per heavy atom. The fourth-order valence-corrected chi connectivity index (χ4v) is 2.59. The van der Waals surface area contributed by atoms with Crippen molar-refractivity contribution in [2.45, 2.75) is 13.0 Å². The van der Waals surface area contributed by atoms with Crippen LogP contribution in [0.5, 0.6) is 5.75 Å². The number of benzene rings is 2. The van der Waals surface area contributed by atoms with Crippen molar-refractivity contribution < 1.29 is 4.74 Å². The molecule has 1 aromatic heterocycles. The van der Waals surface area contributed by atoms with Gasteiger partial charge in [0.2, 0.25) is 5.95 Å². The van der Waals surface area contributed by atoms with E-state index in [0.29, 0.717) is 11.0 Å². The number of anilines is 1. The maximum Gasteiger partial charge on any atom is 0.201 e. The van der Waals surface area contributed by atoms with Crippen LogP contribution >= 0.6 is 11.6 Å². The largest absolute Gasteiger partial charge is 0.497 e. The number of hydrogen-bond donors (Lipinski definition) is 1. The van der Waals surface area contributed by atoms with E-state index in [-0.39, 0.29) is 0 Å². The Labute approximate surface area is 128 Å². The van der Waals surface area contributed by atoms with E-state index in [1.165, 1.54) is 5.56 Å². The minimum atomic E-state index is 0.509. The summed E-state index contributed by atoms with van der Waals surface area (Å²) in [6, 6.07) is 13.7. The van der Waals surface area contributed by atoms with Gasteiger partial charge in [0, 0.05) is 11.6 Å². The van der Waals surface area contributed by atoms with Gasteiger partial charge < -0.3 is 15.0 Å². The lowest BCUT2D eigenvalue weighted by molar-refractivity contribution is 0.414. The minimum Gasteiger partial charge on any atom is -0.497 e. The van der Waals surface area contributed by atoms with Gasteiger partial charge in [0.25, 0.3) is 0 Å². The van der Waals surface area contributed by atoms with Crippen LogP contribution in [0.1, 0.15) is 5.56 Å². The summed E-state index contributed by atoms with van der Waals surface area (Å²) in [7, 11) is 1.67. The fraction of sp³-hybridized carbons (Fsp3) is 0.188. The molecule has 3 aromatic rings. The normalized spacial score (nSPS) is 11.0. The first kappa shape index (κ1) is 13.8. The summed E-state index contributed by atoms with van der Waals surface area (Å²) >= 11 is 5.98. The van der Waals surface area contributed by atoms with Gasteiger partial charge in [0.1, 0.15) is 5.75 Å². The average Bonchev–Trinajstić information content (AvgIpc) is 2.80. The van der Waals surface area contributed by atoms with Gasteiger partial charge in [-0.25, -0.2) is 4.98 Å². The summed E-state index contributed by atoms with van der Waals surface area (Å²) < 4.78 is 7.25. The van der Waals surface area contributed by atoms with Gasteiger partial charge in [-0.15, -0.1) is 0 Å². The molecule has 5 heteroatoms. The number of ether oxygens (including phenoxy) is 1. The number of methoxy groups -OCH3 is 1. The molecule has 3 rings (SSSR count). The van der Waals surface area contributed by atoms with Gasteiger partial charge in [-0.1, -0.05) is 23.7 Å². The average molecular weight is 302 g/mol. The van der Waals surface area contributed by atoms with E-state index in [4.69, 9.17) is 22.1 Å². The third kappa shape index (κ3) is 2.81. The lowest BCUT2D eigenvalue weighted by Gasteiger charge is -2.08. The summed E-state index contributed by atoms with van der Waals surface area (Å²) in [6.07, 6.45) is 0.857. The van der Waals surface area contributed by atoms with Gasteiger partial charge in [0.15, 0.2) is 0 Å². The molecule has 2 N–H and O–H groups in total. The molecule has 1 heterocycles. The number of rotatable bonds is 4. The van der Waals surface area contributed by atoms with Crippen molar-refractivity contribution in [1.29, 1.82) is 0 Å². The molecule has 0 unspecified atom stereocenters. The molecule has 2 aromatic carbocycles. The first-order valence-corrected chi connectivity index (χ1v) is 7.09. The zero-order chi connectivity index (χ0) is 14.8. The number of imidazole rings is 1. The van der Waals surface area contributed by atoms with Crippen LogP contribution in [0.2, 0.25) is 5.02 Å². The maximum absolute atomic E-state index is 6.01. The van der Waals surface area contributed by atoms with E-state index < -0.39 is 0 Å². The SMILES string of the molecule is COc1cccc(CCn2c(N)nc3cc(Cl)ccc32)c1. The number of hydrogen-bond acceptors (Lipinski definition) is 3. The number of fused-ring (bicyclic) bond motifs is 1. The van der Waals surface area contributed by atoms with Crippen LogP contribution < -0.4 is 10.5 Å². The van der Waals surface area contributed by atoms with Crippen LogP contribution in [0.25, 0.3) is 11.0 Å². The minimum absolute atomic E-state index is 0.509. The molecule has 0 spiro atoms. The molecule has 21 heavy (non-hydrogen) atoms. The maximum atomic E-state index is 6.01. The molecule has 0 bridgehead atoms. The second-order valence-electron chi connectivity index (χ2n) is 4.86. The second-order valence-corrected chi connectivity index (χ2v) is 5.29. The first-order valence-electron chi connectivity index (χ1n) is 6.71. The lowest BCUT2D eigenvalue weighted by Crippen LogP contribution is -2.05. The van der Waals surface area contributed by atoms with Gasteiger partial charge in [-0.2, -0.15) is 0 Å². The predicted octanol–water partition coefficient (Wildman–Crippen LogP) is 3.52. The van der Waals surface area contributed by atoms with Gasteiger partial charge in [-0.05, 0) is 42.3 Å². The van der Waals surface area contributed by atoms with Crippen molar-refractivity contribution in [3.8, 4) is 5.75 Å². The Kier molecular flexibility index (Phi) is 3.71. The Morgan fingerprint density at radius 2 is 2.10 bits per heavy atom. The first-order chi connectivity index (χ1) is 10.2. The monoisotopic (exact) mass is 301 g/mol. The van der Waals surface area contributed by atoms with Crippen molar-refractivity contribution in [1.82, 2.24) is 9.55 Å². The molecule has 0 aliphatic heterocycles. The summed E-state index contributed by atoms with van der Waals surface area (Å²) in [5.74, 6) is 1.37. The number of halogens is 1. The zero-order valence-electron chi connectivity index (χ0n) is 11.7. The van der Waals surface area contributed by atoms with Crippen LogP contribution in [-0.2, 0) is 13.0 Å². The van der Waals surface area contributed by atoms with Crippen LogP contribution in [-0.4, -0.2) is 16.7 Å². The molecule has 0 saturated heterocycles. The van der Waals surface area contributed by atoms with Crippen molar-refractivity contribution in [2.75, 3.05) is 12.8 Å². The Bertz CT molecular complexity index is 782. The molecule has 0 fully saturated rings. The standard InChI is InChI=1S/C16H16ClN3O/c1-21-13-4-2-3-11(9-13)7-8-20-15-6-5-12(17)10-14(15)19-16(20)18/h2-6,9-10H,7-8H2,1H3,(H2,18,19). The topological polar surface area (TPSA) is 53.1 Å². The summed E-state index contributed by atoms with van der Waals surface area (Å²) in [6.45, 7) is 0.761. The quantitative estimate of drug-likeness (QED) is 0.802. The Morgan fingerprint density at radius 3 is 2.90 bits per heavy atom. The van der Waals surface area contributed by atoms with Crippen molar-refractivity contribution in [3.63, 3.8) is 0 Å². The smallest absolute Gasteiger partial charge is 0.201 e. The van der Waals surface area contributed by atoms with Crippen LogP contribution in [0.3, 0.4) is 0 Å². The Balaban J connectivity index is 1.86. The summed E-state index contributed by atoms with van der Waals surface area (Å²) in [5.41, 5.74) is 9.03. The molecule has 0 aliphatic carbocycles. The summed E-state index contributed by atoms with van der Waals surface area (Å²) in [4.78, 5) is 4.35. The van der Waals surface area contributed by atoms with E-state index in [0.717, 1.165) is 29.7 Å². The fourth-order valence-electron chi connectivity index (χ4n) is 2.43. The second kappa shape index (κ2) is 5.66. The van der Waals surface area contributed by atoms with E-state index in [2.05, 4.69) is 11.1 Å². The zero-order valence-corrected chi connectivity index (χ0v) is 12.5. The van der Waals surface area contributed by atoms with Crippen LogP contribution in [0.15, 0.2) is 42.5 Å². The van der Waals surface area contributed by atoms with Crippen molar-refractivity contribution in [2.24, 2.45) is 0 Å². The third-order valence-electron chi connectivity index (χ3n) is 3.50. The number of nitrogens with zero attached hydrogens (tertiary/aromatic N) is 2. The van der Waals surface area contributed by atoms with Gasteiger partial charge >= 0.3 is 0 Å². The molecule has 0 aliphatic rings. The van der Waals surface area contributed by atoms with Crippen molar-refractivity contribution >= 4 is 28.6 Å². The molecule has 0 radical (unpaired) electrons. The highest BCUT2D eigenvalue weighted by Crippen LogP contribution is 2.22. The summed E-state index contributed by atoms with van der Waals surface area (Å²) in [5, 5.41) is 0.667. The molecule has 4 nitrogen and oxygen atoms in total. The highest BCUT2D eigenvalue weighted by molar-refractivity contribution is 6.31. The van der Waals surface area contributed by atoms with Gasteiger partial charge in [0.05, 0.1) is 18.1 Å². The van der Waals surface area contributed by atoms with Crippen molar-refractivity contribution in [3.05, 3.63) is 53.1 Å². The van der Waals surface area contributed by atoms with E-state index >= 15 is 0 Å². The van der Waals surface area contributed by atoms with E-state index in [1.54, 1.807) is 7.11 Å². The number of nitrogen functional groups attached to an aromatic ring is 1. The predicted molar refractivity (Wildman–Crippen MR) is 85.9 cm³/mol. The molecule has 0 saturated carbocycles. The van der Waals surface area contributed by atoms with E-state index in [1.807, 2.05) is 41.0 Å². The third-order valence-corrected chi connectivity index (χ3v) is 3.73. The molecular weight excluding hydrogens is 286 g/mol. The molecule has 0 atom stereocenters. The highest BCUT2D eigenvalue weighted by atomic mass is 35.5. The highest BCUT2D eigenvalue weighted by Gasteiger charge is 2.08.